The van der Waals surface area contributed by atoms with Crippen molar-refractivity contribution in [3.63, 3.8) is 0 Å². The van der Waals surface area contributed by atoms with Crippen molar-refractivity contribution in [3.05, 3.63) is 35.4 Å². The maximum absolute atomic E-state index is 12.5. The molecule has 0 spiro atoms. The van der Waals surface area contributed by atoms with Gasteiger partial charge in [-0.2, -0.15) is 13.2 Å². The monoisotopic (exact) mass is 290 g/mol. The summed E-state index contributed by atoms with van der Waals surface area (Å²) in [7, 11) is 1.64. The Bertz CT molecular complexity index is 392. The predicted molar refractivity (Wildman–Crippen MR) is 71.9 cm³/mol. The molecule has 0 saturated heterocycles. The van der Waals surface area contributed by atoms with E-state index in [0.717, 1.165) is 24.1 Å². The third kappa shape index (κ3) is 5.48. The van der Waals surface area contributed by atoms with Gasteiger partial charge in [-0.15, -0.1) is 0 Å². The lowest BCUT2D eigenvalue weighted by atomic mass is 9.96. The van der Waals surface area contributed by atoms with E-state index in [1.807, 2.05) is 6.92 Å². The van der Waals surface area contributed by atoms with E-state index in [1.54, 1.807) is 7.11 Å². The number of ether oxygens (including phenoxy) is 1. The second kappa shape index (κ2) is 7.61. The predicted octanol–water partition coefficient (Wildman–Crippen LogP) is 2.75. The highest BCUT2D eigenvalue weighted by Crippen LogP contribution is 2.29. The number of benzene rings is 1. The summed E-state index contributed by atoms with van der Waals surface area (Å²) in [5, 5.41) is 0. The van der Waals surface area contributed by atoms with Gasteiger partial charge in [0.25, 0.3) is 0 Å². The zero-order chi connectivity index (χ0) is 15.2. The van der Waals surface area contributed by atoms with E-state index in [-0.39, 0.29) is 6.04 Å². The summed E-state index contributed by atoms with van der Waals surface area (Å²) in [5.74, 6) is 5.82. The second-order valence-corrected chi connectivity index (χ2v) is 5.06. The molecule has 1 aromatic rings. The minimum Gasteiger partial charge on any atom is -0.384 e. The first-order chi connectivity index (χ1) is 9.36. The van der Waals surface area contributed by atoms with Gasteiger partial charge in [0.2, 0.25) is 0 Å². The number of hydrazine groups is 1. The van der Waals surface area contributed by atoms with Crippen LogP contribution in [0.2, 0.25) is 0 Å². The normalized spacial score (nSPS) is 15.1. The van der Waals surface area contributed by atoms with Crippen LogP contribution in [0.15, 0.2) is 24.3 Å². The Morgan fingerprint density at radius 2 is 1.85 bits per heavy atom. The third-order valence-corrected chi connectivity index (χ3v) is 3.14. The molecule has 0 fully saturated rings. The average Bonchev–Trinajstić information content (AvgIpc) is 2.37. The Hall–Kier alpha value is -1.11. The molecule has 20 heavy (non-hydrogen) atoms. The molecule has 1 rings (SSSR count). The number of hydrogen-bond donors (Lipinski definition) is 2. The zero-order valence-electron chi connectivity index (χ0n) is 11.7. The largest absolute Gasteiger partial charge is 0.416 e. The maximum Gasteiger partial charge on any atom is 0.416 e. The molecular weight excluding hydrogens is 269 g/mol. The quantitative estimate of drug-likeness (QED) is 0.599. The van der Waals surface area contributed by atoms with Gasteiger partial charge in [0.1, 0.15) is 0 Å². The van der Waals surface area contributed by atoms with Crippen molar-refractivity contribution in [1.29, 1.82) is 0 Å². The minimum atomic E-state index is -4.29. The maximum atomic E-state index is 12.5. The van der Waals surface area contributed by atoms with Gasteiger partial charge >= 0.3 is 6.18 Å². The van der Waals surface area contributed by atoms with Gasteiger partial charge < -0.3 is 4.74 Å². The van der Waals surface area contributed by atoms with Gasteiger partial charge in [0.15, 0.2) is 0 Å². The van der Waals surface area contributed by atoms with Crippen molar-refractivity contribution in [3.8, 4) is 0 Å². The molecule has 3 nitrogen and oxygen atoms in total. The molecule has 6 heteroatoms. The van der Waals surface area contributed by atoms with Crippen LogP contribution in [-0.2, 0) is 17.3 Å². The molecule has 3 N–H and O–H groups in total. The first kappa shape index (κ1) is 16.9. The molecule has 2 unspecified atom stereocenters. The van der Waals surface area contributed by atoms with Crippen LogP contribution in [0.3, 0.4) is 0 Å². The third-order valence-electron chi connectivity index (χ3n) is 3.14. The Morgan fingerprint density at radius 3 is 2.30 bits per heavy atom. The van der Waals surface area contributed by atoms with Gasteiger partial charge in [0, 0.05) is 19.8 Å². The van der Waals surface area contributed by atoms with Crippen molar-refractivity contribution in [1.82, 2.24) is 5.43 Å². The number of hydrogen-bond acceptors (Lipinski definition) is 3. The highest BCUT2D eigenvalue weighted by Gasteiger charge is 2.30. The number of nitrogens with one attached hydrogen (secondary N) is 1. The van der Waals surface area contributed by atoms with E-state index in [1.165, 1.54) is 12.1 Å². The van der Waals surface area contributed by atoms with Crippen LogP contribution in [0.1, 0.15) is 24.5 Å². The molecule has 114 valence electrons. The van der Waals surface area contributed by atoms with Crippen molar-refractivity contribution in [2.45, 2.75) is 32.0 Å². The van der Waals surface area contributed by atoms with Gasteiger partial charge in [0.05, 0.1) is 5.56 Å². The zero-order valence-corrected chi connectivity index (χ0v) is 11.7. The molecule has 0 heterocycles. The molecule has 0 amide bonds. The molecule has 2 atom stereocenters. The lowest BCUT2D eigenvalue weighted by molar-refractivity contribution is -0.137. The average molecular weight is 290 g/mol. The molecule has 0 aliphatic heterocycles. The molecule has 1 aromatic carbocycles. The molecule has 0 aliphatic rings. The van der Waals surface area contributed by atoms with E-state index in [9.17, 15) is 13.2 Å². The van der Waals surface area contributed by atoms with Crippen LogP contribution in [-0.4, -0.2) is 19.8 Å². The summed E-state index contributed by atoms with van der Waals surface area (Å²) in [6.45, 7) is 2.67. The van der Waals surface area contributed by atoms with Gasteiger partial charge in [-0.3, -0.25) is 11.3 Å². The Morgan fingerprint density at radius 1 is 1.25 bits per heavy atom. The van der Waals surface area contributed by atoms with Crippen molar-refractivity contribution >= 4 is 0 Å². The van der Waals surface area contributed by atoms with E-state index in [4.69, 9.17) is 10.6 Å². The minimum absolute atomic E-state index is 0.0110. The summed E-state index contributed by atoms with van der Waals surface area (Å²) < 4.78 is 42.4. The summed E-state index contributed by atoms with van der Waals surface area (Å²) in [6.07, 6.45) is -2.91. The van der Waals surface area contributed by atoms with E-state index < -0.39 is 11.7 Å². The van der Waals surface area contributed by atoms with Crippen LogP contribution < -0.4 is 11.3 Å². The van der Waals surface area contributed by atoms with Crippen LogP contribution in [0.5, 0.6) is 0 Å². The van der Waals surface area contributed by atoms with Crippen LogP contribution in [0, 0.1) is 5.92 Å². The van der Waals surface area contributed by atoms with Gasteiger partial charge in [-0.25, -0.2) is 0 Å². The number of methoxy groups -OCH3 is 1. The Kier molecular flexibility index (Phi) is 6.45. The highest BCUT2D eigenvalue weighted by molar-refractivity contribution is 5.25. The first-order valence-electron chi connectivity index (χ1n) is 6.48. The van der Waals surface area contributed by atoms with Crippen LogP contribution in [0.4, 0.5) is 13.2 Å². The molecule has 0 aromatic heterocycles. The second-order valence-electron chi connectivity index (χ2n) is 5.06. The standard InChI is InChI=1S/C14H21F3N2O/c1-10(9-20-2)7-13(19-18)8-11-3-5-12(6-4-11)14(15,16)17/h3-6,10,13,19H,7-9,18H2,1-2H3. The smallest absolute Gasteiger partial charge is 0.384 e. The fourth-order valence-corrected chi connectivity index (χ4v) is 2.16. The van der Waals surface area contributed by atoms with Gasteiger partial charge in [-0.1, -0.05) is 19.1 Å². The molecule has 0 aliphatic carbocycles. The van der Waals surface area contributed by atoms with E-state index in [2.05, 4.69) is 5.43 Å². The van der Waals surface area contributed by atoms with Crippen molar-refractivity contribution in [2.24, 2.45) is 11.8 Å². The highest BCUT2D eigenvalue weighted by atomic mass is 19.4. The fraction of sp³-hybridized carbons (Fsp3) is 0.571. The summed E-state index contributed by atoms with van der Waals surface area (Å²) in [6, 6.07) is 5.20. The number of nitrogens with two attached hydrogens (primary N) is 1. The lowest BCUT2D eigenvalue weighted by Crippen LogP contribution is -2.38. The fourth-order valence-electron chi connectivity index (χ4n) is 2.16. The summed E-state index contributed by atoms with van der Waals surface area (Å²) in [5.41, 5.74) is 2.90. The van der Waals surface area contributed by atoms with Crippen LogP contribution >= 0.6 is 0 Å². The summed E-state index contributed by atoms with van der Waals surface area (Å²) in [4.78, 5) is 0. The van der Waals surface area contributed by atoms with Gasteiger partial charge in [-0.05, 0) is 36.5 Å². The number of alkyl halides is 3. The topological polar surface area (TPSA) is 47.3 Å². The number of halogens is 3. The first-order valence-corrected chi connectivity index (χ1v) is 6.48. The number of rotatable bonds is 7. The van der Waals surface area contributed by atoms with Crippen molar-refractivity contribution < 1.29 is 17.9 Å². The van der Waals surface area contributed by atoms with Crippen molar-refractivity contribution in [2.75, 3.05) is 13.7 Å². The molecular formula is C14H21F3N2O. The Balaban J connectivity index is 2.61. The Labute approximate surface area is 117 Å². The summed E-state index contributed by atoms with van der Waals surface area (Å²) >= 11 is 0. The molecule has 0 radical (unpaired) electrons. The van der Waals surface area contributed by atoms with Crippen LogP contribution in [0.25, 0.3) is 0 Å². The molecule has 0 bridgehead atoms. The lowest BCUT2D eigenvalue weighted by Gasteiger charge is -2.20. The molecule has 0 saturated carbocycles. The van der Waals surface area contributed by atoms with E-state index in [0.29, 0.717) is 18.9 Å². The SMILES string of the molecule is COCC(C)CC(Cc1ccc(C(F)(F)F)cc1)NN. The van der Waals surface area contributed by atoms with E-state index >= 15 is 0 Å².